The molecule has 1 aromatic rings. The second kappa shape index (κ2) is 7.26. The summed E-state index contributed by atoms with van der Waals surface area (Å²) in [4.78, 5) is 18.5. The zero-order valence-corrected chi connectivity index (χ0v) is 12.4. The van der Waals surface area contributed by atoms with E-state index in [4.69, 9.17) is 4.52 Å². The summed E-state index contributed by atoms with van der Waals surface area (Å²) in [5.41, 5.74) is 0. The Morgan fingerprint density at radius 3 is 3.00 bits per heavy atom. The number of likely N-dealkylation sites (tertiary alicyclic amines) is 1. The minimum atomic E-state index is -0.0711. The highest BCUT2D eigenvalue weighted by atomic mass is 16.5. The summed E-state index contributed by atoms with van der Waals surface area (Å²) in [6.45, 7) is 5.58. The van der Waals surface area contributed by atoms with Crippen LogP contribution in [-0.4, -0.2) is 34.2 Å². The third kappa shape index (κ3) is 3.49. The Kier molecular flexibility index (Phi) is 5.38. The second-order valence-corrected chi connectivity index (χ2v) is 5.19. The Hall–Kier alpha value is -1.59. The van der Waals surface area contributed by atoms with Crippen LogP contribution in [0, 0.1) is 0 Å². The molecule has 6 heteroatoms. The third-order valence-corrected chi connectivity index (χ3v) is 3.66. The van der Waals surface area contributed by atoms with E-state index < -0.39 is 0 Å². The maximum Gasteiger partial charge on any atom is 0.318 e. The van der Waals surface area contributed by atoms with Gasteiger partial charge < -0.3 is 14.7 Å². The number of unbranched alkanes of at least 4 members (excludes halogenated alkanes) is 1. The van der Waals surface area contributed by atoms with E-state index in [-0.39, 0.29) is 12.1 Å². The maximum atomic E-state index is 12.3. The SMILES string of the molecule is CCCCNC(=O)N1CCCC[C@@H]1c1nc(CC)no1. The molecule has 1 atom stereocenters. The Labute approximate surface area is 119 Å². The van der Waals surface area contributed by atoms with Crippen molar-refractivity contribution in [3.05, 3.63) is 11.7 Å². The van der Waals surface area contributed by atoms with Crippen molar-refractivity contribution in [2.45, 2.75) is 58.4 Å². The van der Waals surface area contributed by atoms with Gasteiger partial charge in [0.1, 0.15) is 6.04 Å². The zero-order chi connectivity index (χ0) is 14.4. The minimum absolute atomic E-state index is 0.0144. The van der Waals surface area contributed by atoms with Gasteiger partial charge in [-0.1, -0.05) is 25.4 Å². The summed E-state index contributed by atoms with van der Waals surface area (Å²) < 4.78 is 5.32. The molecule has 1 aromatic heterocycles. The molecule has 2 rings (SSSR count). The summed E-state index contributed by atoms with van der Waals surface area (Å²) in [5.74, 6) is 1.28. The molecule has 20 heavy (non-hydrogen) atoms. The number of hydrogen-bond acceptors (Lipinski definition) is 4. The van der Waals surface area contributed by atoms with Gasteiger partial charge in [-0.15, -0.1) is 0 Å². The van der Waals surface area contributed by atoms with Gasteiger partial charge in [-0.25, -0.2) is 4.79 Å². The molecule has 1 aliphatic rings. The van der Waals surface area contributed by atoms with Crippen molar-refractivity contribution in [2.24, 2.45) is 0 Å². The van der Waals surface area contributed by atoms with Crippen LogP contribution in [0.15, 0.2) is 4.52 Å². The topological polar surface area (TPSA) is 71.3 Å². The smallest absolute Gasteiger partial charge is 0.318 e. The van der Waals surface area contributed by atoms with E-state index >= 15 is 0 Å². The highest BCUT2D eigenvalue weighted by Crippen LogP contribution is 2.29. The summed E-state index contributed by atoms with van der Waals surface area (Å²) in [6.07, 6.45) is 5.85. The number of piperidine rings is 1. The number of carbonyl (C=O) groups is 1. The summed E-state index contributed by atoms with van der Waals surface area (Å²) >= 11 is 0. The van der Waals surface area contributed by atoms with Crippen LogP contribution in [-0.2, 0) is 6.42 Å². The van der Waals surface area contributed by atoms with Crippen LogP contribution >= 0.6 is 0 Å². The highest BCUT2D eigenvalue weighted by molar-refractivity contribution is 5.74. The molecule has 0 spiro atoms. The molecule has 0 saturated carbocycles. The Morgan fingerprint density at radius 2 is 2.30 bits per heavy atom. The van der Waals surface area contributed by atoms with Crippen molar-refractivity contribution in [1.29, 1.82) is 0 Å². The highest BCUT2D eigenvalue weighted by Gasteiger charge is 2.31. The van der Waals surface area contributed by atoms with Crippen LogP contribution in [0.3, 0.4) is 0 Å². The van der Waals surface area contributed by atoms with E-state index in [2.05, 4.69) is 22.4 Å². The van der Waals surface area contributed by atoms with Gasteiger partial charge in [0.15, 0.2) is 5.82 Å². The molecule has 0 aromatic carbocycles. The van der Waals surface area contributed by atoms with Gasteiger partial charge >= 0.3 is 6.03 Å². The molecule has 1 saturated heterocycles. The largest absolute Gasteiger partial charge is 0.338 e. The standard InChI is InChI=1S/C14H24N4O2/c1-3-5-9-15-14(19)18-10-7-6-8-11(18)13-16-12(4-2)17-20-13/h11H,3-10H2,1-2H3,(H,15,19)/t11-/m1/s1. The lowest BCUT2D eigenvalue weighted by Crippen LogP contribution is -2.45. The van der Waals surface area contributed by atoms with Crippen LogP contribution < -0.4 is 5.32 Å². The van der Waals surface area contributed by atoms with Crippen molar-refractivity contribution in [1.82, 2.24) is 20.4 Å². The van der Waals surface area contributed by atoms with Crippen LogP contribution in [0.5, 0.6) is 0 Å². The van der Waals surface area contributed by atoms with Crippen LogP contribution in [0.25, 0.3) is 0 Å². The predicted octanol–water partition coefficient (Wildman–Crippen LogP) is 2.67. The van der Waals surface area contributed by atoms with E-state index in [1.54, 1.807) is 0 Å². The molecular formula is C14H24N4O2. The molecule has 1 aliphatic heterocycles. The van der Waals surface area contributed by atoms with Crippen molar-refractivity contribution in [3.63, 3.8) is 0 Å². The quantitative estimate of drug-likeness (QED) is 0.842. The first-order chi connectivity index (χ1) is 9.76. The van der Waals surface area contributed by atoms with E-state index in [9.17, 15) is 4.79 Å². The maximum absolute atomic E-state index is 12.3. The first kappa shape index (κ1) is 14.8. The van der Waals surface area contributed by atoms with Gasteiger partial charge in [0.05, 0.1) is 0 Å². The normalized spacial score (nSPS) is 19.1. The van der Waals surface area contributed by atoms with Crippen LogP contribution in [0.2, 0.25) is 0 Å². The Balaban J connectivity index is 2.02. The van der Waals surface area contributed by atoms with Crippen LogP contribution in [0.1, 0.15) is 63.7 Å². The molecule has 112 valence electrons. The molecule has 0 radical (unpaired) electrons. The molecule has 0 aliphatic carbocycles. The average Bonchev–Trinajstić information content (AvgIpc) is 2.96. The number of nitrogens with one attached hydrogen (secondary N) is 1. The molecule has 2 heterocycles. The number of amides is 2. The fourth-order valence-electron chi connectivity index (χ4n) is 2.45. The molecule has 1 fully saturated rings. The summed E-state index contributed by atoms with van der Waals surface area (Å²) in [7, 11) is 0. The van der Waals surface area contributed by atoms with E-state index in [1.165, 1.54) is 0 Å². The number of aryl methyl sites for hydroxylation is 1. The van der Waals surface area contributed by atoms with E-state index in [1.807, 2.05) is 11.8 Å². The monoisotopic (exact) mass is 280 g/mol. The van der Waals surface area contributed by atoms with Gasteiger partial charge in [0.2, 0.25) is 5.89 Å². The van der Waals surface area contributed by atoms with Crippen molar-refractivity contribution in [2.75, 3.05) is 13.1 Å². The molecule has 2 amide bonds. The number of aromatic nitrogens is 2. The summed E-state index contributed by atoms with van der Waals surface area (Å²) in [5, 5.41) is 6.91. The number of urea groups is 1. The van der Waals surface area contributed by atoms with Gasteiger partial charge in [-0.3, -0.25) is 0 Å². The van der Waals surface area contributed by atoms with Gasteiger partial charge in [-0.05, 0) is 25.7 Å². The Morgan fingerprint density at radius 1 is 1.45 bits per heavy atom. The average molecular weight is 280 g/mol. The van der Waals surface area contributed by atoms with Crippen molar-refractivity contribution < 1.29 is 9.32 Å². The molecule has 1 N–H and O–H groups in total. The number of carbonyl (C=O) groups excluding carboxylic acids is 1. The van der Waals surface area contributed by atoms with Gasteiger partial charge in [-0.2, -0.15) is 4.98 Å². The fraction of sp³-hybridized carbons (Fsp3) is 0.786. The number of hydrogen-bond donors (Lipinski definition) is 1. The molecule has 0 bridgehead atoms. The number of nitrogens with zero attached hydrogens (tertiary/aromatic N) is 3. The minimum Gasteiger partial charge on any atom is -0.338 e. The van der Waals surface area contributed by atoms with Gasteiger partial charge in [0, 0.05) is 19.5 Å². The molecule has 6 nitrogen and oxygen atoms in total. The predicted molar refractivity (Wildman–Crippen MR) is 75.3 cm³/mol. The number of rotatable bonds is 5. The zero-order valence-electron chi connectivity index (χ0n) is 12.4. The first-order valence-corrected chi connectivity index (χ1v) is 7.63. The fourth-order valence-corrected chi connectivity index (χ4v) is 2.45. The van der Waals surface area contributed by atoms with E-state index in [0.29, 0.717) is 11.7 Å². The third-order valence-electron chi connectivity index (χ3n) is 3.66. The van der Waals surface area contributed by atoms with E-state index in [0.717, 1.165) is 51.6 Å². The van der Waals surface area contributed by atoms with Gasteiger partial charge in [0.25, 0.3) is 0 Å². The summed E-state index contributed by atoms with van der Waals surface area (Å²) in [6, 6.07) is -0.0856. The second-order valence-electron chi connectivity index (χ2n) is 5.19. The first-order valence-electron chi connectivity index (χ1n) is 7.63. The lowest BCUT2D eigenvalue weighted by molar-refractivity contribution is 0.132. The lowest BCUT2D eigenvalue weighted by atomic mass is 10.0. The molecule has 0 unspecified atom stereocenters. The van der Waals surface area contributed by atoms with Crippen molar-refractivity contribution >= 4 is 6.03 Å². The Bertz CT molecular complexity index is 433. The molecular weight excluding hydrogens is 256 g/mol. The lowest BCUT2D eigenvalue weighted by Gasteiger charge is -2.33. The van der Waals surface area contributed by atoms with Crippen molar-refractivity contribution in [3.8, 4) is 0 Å². The van der Waals surface area contributed by atoms with Crippen LogP contribution in [0.4, 0.5) is 4.79 Å².